The first-order valence-electron chi connectivity index (χ1n) is 4.48. The molecule has 1 N–H and O–H groups in total. The van der Waals surface area contributed by atoms with E-state index in [0.29, 0.717) is 6.61 Å². The average molecular weight is 200 g/mol. The topological polar surface area (TPSA) is 38.0 Å². The maximum Gasteiger partial charge on any atom is 0.0939 e. The zero-order chi connectivity index (χ0) is 9.68. The van der Waals surface area contributed by atoms with Crippen LogP contribution in [-0.4, -0.2) is 27.2 Å². The molecule has 0 aliphatic carbocycles. The van der Waals surface area contributed by atoms with Gasteiger partial charge in [0.25, 0.3) is 0 Å². The molecular formula is C9H16N2OS. The lowest BCUT2D eigenvalue weighted by atomic mass is 10.4. The number of hydrogen-bond donors (Lipinski definition) is 1. The molecule has 0 radical (unpaired) electrons. The fraction of sp³-hybridized carbons (Fsp3) is 0.667. The summed E-state index contributed by atoms with van der Waals surface area (Å²) in [5, 5.41) is 14.1. The summed E-state index contributed by atoms with van der Waals surface area (Å²) in [4.78, 5) is 0. The van der Waals surface area contributed by atoms with Crippen LogP contribution < -0.4 is 0 Å². The van der Waals surface area contributed by atoms with Crippen LogP contribution in [0.25, 0.3) is 0 Å². The maximum absolute atomic E-state index is 8.60. The van der Waals surface area contributed by atoms with Crippen molar-refractivity contribution < 1.29 is 5.11 Å². The molecule has 1 heterocycles. The van der Waals surface area contributed by atoms with E-state index in [9.17, 15) is 0 Å². The summed E-state index contributed by atoms with van der Waals surface area (Å²) < 4.78 is 1.90. The van der Waals surface area contributed by atoms with Crippen LogP contribution in [0.4, 0.5) is 0 Å². The van der Waals surface area contributed by atoms with Crippen molar-refractivity contribution in [3.63, 3.8) is 0 Å². The predicted molar refractivity (Wildman–Crippen MR) is 55.0 cm³/mol. The zero-order valence-electron chi connectivity index (χ0n) is 8.16. The van der Waals surface area contributed by atoms with E-state index >= 15 is 0 Å². The molecule has 0 aromatic carbocycles. The summed E-state index contributed by atoms with van der Waals surface area (Å²) in [6, 6.07) is 2.09. The van der Waals surface area contributed by atoms with Gasteiger partial charge in [-0.25, -0.2) is 0 Å². The minimum absolute atomic E-state index is 0.297. The average Bonchev–Trinajstić information content (AvgIpc) is 2.39. The van der Waals surface area contributed by atoms with Gasteiger partial charge in [0.05, 0.1) is 10.7 Å². The molecule has 3 nitrogen and oxygen atoms in total. The van der Waals surface area contributed by atoms with E-state index in [1.807, 2.05) is 18.7 Å². The summed E-state index contributed by atoms with van der Waals surface area (Å²) >= 11 is 1.80. The number of nitrogens with zero attached hydrogens (tertiary/aromatic N) is 2. The SMILES string of the molecule is Cc1cc(SCCCCO)n(C)n1. The van der Waals surface area contributed by atoms with Gasteiger partial charge in [0, 0.05) is 13.7 Å². The van der Waals surface area contributed by atoms with Gasteiger partial charge in [0.15, 0.2) is 0 Å². The van der Waals surface area contributed by atoms with Gasteiger partial charge in [-0.05, 0) is 31.6 Å². The smallest absolute Gasteiger partial charge is 0.0939 e. The highest BCUT2D eigenvalue weighted by Gasteiger charge is 2.01. The molecule has 1 rings (SSSR count). The van der Waals surface area contributed by atoms with Crippen molar-refractivity contribution in [3.05, 3.63) is 11.8 Å². The lowest BCUT2D eigenvalue weighted by Gasteiger charge is -2.00. The summed E-state index contributed by atoms with van der Waals surface area (Å²) in [6.07, 6.45) is 1.95. The van der Waals surface area contributed by atoms with Gasteiger partial charge in [0.2, 0.25) is 0 Å². The van der Waals surface area contributed by atoms with Crippen LogP contribution >= 0.6 is 11.8 Å². The number of aliphatic hydroxyl groups excluding tert-OH is 1. The molecule has 74 valence electrons. The molecule has 0 bridgehead atoms. The molecular weight excluding hydrogens is 184 g/mol. The first-order valence-corrected chi connectivity index (χ1v) is 5.47. The number of thioether (sulfide) groups is 1. The monoisotopic (exact) mass is 200 g/mol. The molecule has 0 aliphatic heterocycles. The summed E-state index contributed by atoms with van der Waals surface area (Å²) in [6.45, 7) is 2.29. The third-order valence-electron chi connectivity index (χ3n) is 1.76. The Balaban J connectivity index is 2.32. The summed E-state index contributed by atoms with van der Waals surface area (Å²) in [5.41, 5.74) is 1.06. The second-order valence-electron chi connectivity index (χ2n) is 3.03. The van der Waals surface area contributed by atoms with Gasteiger partial charge >= 0.3 is 0 Å². The molecule has 0 saturated heterocycles. The fourth-order valence-electron chi connectivity index (χ4n) is 1.11. The van der Waals surface area contributed by atoms with Crippen molar-refractivity contribution in [2.24, 2.45) is 7.05 Å². The van der Waals surface area contributed by atoms with E-state index in [1.165, 1.54) is 5.03 Å². The van der Waals surface area contributed by atoms with Crippen molar-refractivity contribution in [1.82, 2.24) is 9.78 Å². The van der Waals surface area contributed by atoms with Crippen LogP contribution in [0.3, 0.4) is 0 Å². The fourth-order valence-corrected chi connectivity index (χ4v) is 2.15. The molecule has 0 amide bonds. The van der Waals surface area contributed by atoms with Gasteiger partial charge in [-0.3, -0.25) is 4.68 Å². The van der Waals surface area contributed by atoms with Crippen molar-refractivity contribution in [3.8, 4) is 0 Å². The van der Waals surface area contributed by atoms with E-state index in [-0.39, 0.29) is 0 Å². The Morgan fingerprint density at radius 3 is 2.85 bits per heavy atom. The van der Waals surface area contributed by atoms with Gasteiger partial charge in [-0.1, -0.05) is 0 Å². The van der Waals surface area contributed by atoms with E-state index in [4.69, 9.17) is 5.11 Å². The third-order valence-corrected chi connectivity index (χ3v) is 2.93. The predicted octanol–water partition coefficient (Wildman–Crippen LogP) is 1.59. The Morgan fingerprint density at radius 2 is 2.31 bits per heavy atom. The van der Waals surface area contributed by atoms with Crippen LogP contribution in [0.1, 0.15) is 18.5 Å². The van der Waals surface area contributed by atoms with Crippen molar-refractivity contribution in [1.29, 1.82) is 0 Å². The quantitative estimate of drug-likeness (QED) is 0.579. The molecule has 1 aromatic rings. The molecule has 4 heteroatoms. The second kappa shape index (κ2) is 5.29. The highest BCUT2D eigenvalue weighted by molar-refractivity contribution is 7.99. The van der Waals surface area contributed by atoms with Crippen LogP contribution in [0.15, 0.2) is 11.1 Å². The number of aromatic nitrogens is 2. The Morgan fingerprint density at radius 1 is 1.54 bits per heavy atom. The molecule has 0 saturated carbocycles. The Hall–Kier alpha value is -0.480. The van der Waals surface area contributed by atoms with Crippen LogP contribution in [0.2, 0.25) is 0 Å². The van der Waals surface area contributed by atoms with Gasteiger partial charge in [-0.15, -0.1) is 11.8 Å². The van der Waals surface area contributed by atoms with Crippen molar-refractivity contribution in [2.75, 3.05) is 12.4 Å². The van der Waals surface area contributed by atoms with E-state index < -0.39 is 0 Å². The molecule has 1 aromatic heterocycles. The highest BCUT2D eigenvalue weighted by atomic mass is 32.2. The number of rotatable bonds is 5. The van der Waals surface area contributed by atoms with Crippen molar-refractivity contribution >= 4 is 11.8 Å². The molecule has 0 fully saturated rings. The number of unbranched alkanes of at least 4 members (excludes halogenated alkanes) is 1. The third kappa shape index (κ3) is 3.40. The molecule has 0 unspecified atom stereocenters. The molecule has 0 atom stereocenters. The first kappa shape index (κ1) is 10.6. The van der Waals surface area contributed by atoms with Gasteiger partial charge in [0.1, 0.15) is 0 Å². The zero-order valence-corrected chi connectivity index (χ0v) is 8.97. The van der Waals surface area contributed by atoms with E-state index in [1.54, 1.807) is 11.8 Å². The van der Waals surface area contributed by atoms with E-state index in [0.717, 1.165) is 24.3 Å². The van der Waals surface area contributed by atoms with Crippen molar-refractivity contribution in [2.45, 2.75) is 24.8 Å². The minimum atomic E-state index is 0.297. The Bertz CT molecular complexity index is 260. The largest absolute Gasteiger partial charge is 0.396 e. The van der Waals surface area contributed by atoms with Crippen LogP contribution in [-0.2, 0) is 7.05 Å². The van der Waals surface area contributed by atoms with Crippen LogP contribution in [0, 0.1) is 6.92 Å². The van der Waals surface area contributed by atoms with E-state index in [2.05, 4.69) is 11.2 Å². The Labute approximate surface area is 83.1 Å². The second-order valence-corrected chi connectivity index (χ2v) is 4.14. The molecule has 13 heavy (non-hydrogen) atoms. The van der Waals surface area contributed by atoms with Gasteiger partial charge < -0.3 is 5.11 Å². The Kier molecular flexibility index (Phi) is 4.32. The minimum Gasteiger partial charge on any atom is -0.396 e. The highest BCUT2D eigenvalue weighted by Crippen LogP contribution is 2.19. The standard InChI is InChI=1S/C9H16N2OS/c1-8-7-9(11(2)10-8)13-6-4-3-5-12/h7,12H,3-6H2,1-2H3. The summed E-state index contributed by atoms with van der Waals surface area (Å²) in [5.74, 6) is 1.06. The molecule has 0 spiro atoms. The number of hydrogen-bond acceptors (Lipinski definition) is 3. The lowest BCUT2D eigenvalue weighted by Crippen LogP contribution is -1.93. The maximum atomic E-state index is 8.60. The lowest BCUT2D eigenvalue weighted by molar-refractivity contribution is 0.287. The molecule has 0 aliphatic rings. The van der Waals surface area contributed by atoms with Crippen LogP contribution in [0.5, 0.6) is 0 Å². The summed E-state index contributed by atoms with van der Waals surface area (Å²) in [7, 11) is 1.96. The first-order chi connectivity index (χ1) is 6.24. The normalized spacial score (nSPS) is 10.7. The number of aryl methyl sites for hydroxylation is 2. The number of aliphatic hydroxyl groups is 1. The van der Waals surface area contributed by atoms with Gasteiger partial charge in [-0.2, -0.15) is 5.10 Å².